The number of ketones is 1. The molecule has 2 aromatic carbocycles. The number of Topliss-reactive ketones (excluding diaryl/α,β-unsaturated/α-hetero) is 1. The third-order valence-electron chi connectivity index (χ3n) is 3.82. The minimum Gasteiger partial charge on any atom is -0.494 e. The van der Waals surface area contributed by atoms with Gasteiger partial charge in [-0.15, -0.1) is 0 Å². The Morgan fingerprint density at radius 3 is 2.56 bits per heavy atom. The lowest BCUT2D eigenvalue weighted by atomic mass is 10.1. The zero-order valence-corrected chi connectivity index (χ0v) is 14.7. The molecule has 0 atom stereocenters. The molecule has 0 amide bonds. The van der Waals surface area contributed by atoms with E-state index < -0.39 is 24.2 Å². The van der Waals surface area contributed by atoms with Crippen LogP contribution in [0.25, 0.3) is 11.5 Å². The second-order valence-corrected chi connectivity index (χ2v) is 5.64. The summed E-state index contributed by atoms with van der Waals surface area (Å²) in [6, 6.07) is 12.8. The summed E-state index contributed by atoms with van der Waals surface area (Å²) >= 11 is 0. The van der Waals surface area contributed by atoms with E-state index in [1.165, 1.54) is 19.2 Å². The van der Waals surface area contributed by atoms with Crippen molar-refractivity contribution in [3.63, 3.8) is 0 Å². The van der Waals surface area contributed by atoms with Gasteiger partial charge in [0.05, 0.1) is 7.11 Å². The van der Waals surface area contributed by atoms with Crippen LogP contribution in [0.4, 0.5) is 4.39 Å². The standard InChI is InChI=1S/C20H16FNO5/c1-12-18(22-19(27-12)13-6-4-3-5-7-13)20(24)26-11-16(23)14-8-9-17(25-2)15(21)10-14/h3-10H,11H2,1-2H3. The molecule has 27 heavy (non-hydrogen) atoms. The highest BCUT2D eigenvalue weighted by molar-refractivity contribution is 5.99. The number of oxazole rings is 1. The number of carbonyl (C=O) groups is 2. The summed E-state index contributed by atoms with van der Waals surface area (Å²) in [5, 5.41) is 0. The minimum absolute atomic E-state index is 0.0115. The highest BCUT2D eigenvalue weighted by Gasteiger charge is 2.21. The number of esters is 1. The summed E-state index contributed by atoms with van der Waals surface area (Å²) in [5.74, 6) is -1.43. The van der Waals surface area contributed by atoms with E-state index in [0.717, 1.165) is 6.07 Å². The van der Waals surface area contributed by atoms with Crippen LogP contribution >= 0.6 is 0 Å². The van der Waals surface area contributed by atoms with Gasteiger partial charge in [0.25, 0.3) is 0 Å². The van der Waals surface area contributed by atoms with Crippen molar-refractivity contribution >= 4 is 11.8 Å². The first kappa shape index (κ1) is 18.3. The summed E-state index contributed by atoms with van der Waals surface area (Å²) in [6.07, 6.45) is 0. The molecular formula is C20H16FNO5. The van der Waals surface area contributed by atoms with Crippen LogP contribution in [0.1, 0.15) is 26.6 Å². The van der Waals surface area contributed by atoms with Crippen molar-refractivity contribution in [1.82, 2.24) is 4.98 Å². The molecule has 1 aromatic heterocycles. The monoisotopic (exact) mass is 369 g/mol. The SMILES string of the molecule is COc1ccc(C(=O)COC(=O)c2nc(-c3ccccc3)oc2C)cc1F. The van der Waals surface area contributed by atoms with E-state index in [0.29, 0.717) is 5.56 Å². The molecule has 0 unspecified atom stereocenters. The maximum Gasteiger partial charge on any atom is 0.361 e. The summed E-state index contributed by atoms with van der Waals surface area (Å²) in [4.78, 5) is 28.5. The van der Waals surface area contributed by atoms with E-state index in [4.69, 9.17) is 13.9 Å². The highest BCUT2D eigenvalue weighted by Crippen LogP contribution is 2.22. The molecule has 0 N–H and O–H groups in total. The van der Waals surface area contributed by atoms with Crippen LogP contribution in [0, 0.1) is 12.7 Å². The van der Waals surface area contributed by atoms with E-state index in [2.05, 4.69) is 4.98 Å². The van der Waals surface area contributed by atoms with Crippen molar-refractivity contribution in [2.45, 2.75) is 6.92 Å². The fraction of sp³-hybridized carbons (Fsp3) is 0.150. The Kier molecular flexibility index (Phi) is 5.30. The van der Waals surface area contributed by atoms with Gasteiger partial charge in [0.2, 0.25) is 5.89 Å². The van der Waals surface area contributed by atoms with Crippen LogP contribution in [0.2, 0.25) is 0 Å². The van der Waals surface area contributed by atoms with Crippen LogP contribution in [-0.4, -0.2) is 30.5 Å². The van der Waals surface area contributed by atoms with Gasteiger partial charge in [0.1, 0.15) is 5.76 Å². The first-order chi connectivity index (χ1) is 13.0. The van der Waals surface area contributed by atoms with Gasteiger partial charge in [-0.25, -0.2) is 14.2 Å². The zero-order chi connectivity index (χ0) is 19.4. The first-order valence-corrected chi connectivity index (χ1v) is 8.06. The van der Waals surface area contributed by atoms with Crippen molar-refractivity contribution in [3.05, 3.63) is 71.4 Å². The number of aryl methyl sites for hydroxylation is 1. The van der Waals surface area contributed by atoms with Gasteiger partial charge in [0.15, 0.2) is 29.7 Å². The van der Waals surface area contributed by atoms with Crippen LogP contribution in [0.3, 0.4) is 0 Å². The number of ether oxygens (including phenoxy) is 2. The Morgan fingerprint density at radius 1 is 1.15 bits per heavy atom. The number of halogens is 1. The second-order valence-electron chi connectivity index (χ2n) is 5.64. The van der Waals surface area contributed by atoms with Crippen LogP contribution in [0.15, 0.2) is 52.9 Å². The maximum absolute atomic E-state index is 13.7. The lowest BCUT2D eigenvalue weighted by Crippen LogP contribution is -2.15. The molecule has 0 spiro atoms. The molecule has 0 saturated carbocycles. The fourth-order valence-electron chi connectivity index (χ4n) is 2.41. The Labute approximate surface area is 154 Å². The van der Waals surface area contributed by atoms with Gasteiger partial charge in [-0.1, -0.05) is 18.2 Å². The molecule has 1 heterocycles. The van der Waals surface area contributed by atoms with Crippen molar-refractivity contribution in [3.8, 4) is 17.2 Å². The summed E-state index contributed by atoms with van der Waals surface area (Å²) in [7, 11) is 1.33. The van der Waals surface area contributed by atoms with Gasteiger partial charge in [-0.05, 0) is 37.3 Å². The number of rotatable bonds is 6. The minimum atomic E-state index is -0.791. The number of hydrogen-bond donors (Lipinski definition) is 0. The van der Waals surface area contributed by atoms with Gasteiger partial charge in [0, 0.05) is 11.1 Å². The second kappa shape index (κ2) is 7.82. The Morgan fingerprint density at radius 2 is 1.89 bits per heavy atom. The van der Waals surface area contributed by atoms with Crippen molar-refractivity contribution in [2.24, 2.45) is 0 Å². The number of aromatic nitrogens is 1. The topological polar surface area (TPSA) is 78.6 Å². The van der Waals surface area contributed by atoms with Gasteiger partial charge in [-0.2, -0.15) is 0 Å². The first-order valence-electron chi connectivity index (χ1n) is 8.06. The number of methoxy groups -OCH3 is 1. The van der Waals surface area contributed by atoms with Crippen LogP contribution in [-0.2, 0) is 4.74 Å². The highest BCUT2D eigenvalue weighted by atomic mass is 19.1. The number of carbonyl (C=O) groups excluding carboxylic acids is 2. The molecule has 0 aliphatic rings. The van der Waals surface area contributed by atoms with E-state index in [1.807, 2.05) is 18.2 Å². The van der Waals surface area contributed by atoms with E-state index in [1.54, 1.807) is 19.1 Å². The Balaban J connectivity index is 1.68. The molecular weight excluding hydrogens is 353 g/mol. The molecule has 3 rings (SSSR count). The van der Waals surface area contributed by atoms with Gasteiger partial charge in [-0.3, -0.25) is 4.79 Å². The van der Waals surface area contributed by atoms with Crippen molar-refractivity contribution in [1.29, 1.82) is 0 Å². The normalized spacial score (nSPS) is 10.5. The molecule has 0 radical (unpaired) electrons. The van der Waals surface area contributed by atoms with Crippen molar-refractivity contribution in [2.75, 3.05) is 13.7 Å². The van der Waals surface area contributed by atoms with Gasteiger partial charge < -0.3 is 13.9 Å². The van der Waals surface area contributed by atoms with E-state index in [-0.39, 0.29) is 28.7 Å². The lowest BCUT2D eigenvalue weighted by molar-refractivity contribution is 0.0467. The zero-order valence-electron chi connectivity index (χ0n) is 14.7. The largest absolute Gasteiger partial charge is 0.494 e. The number of nitrogens with zero attached hydrogens (tertiary/aromatic N) is 1. The summed E-state index contributed by atoms with van der Waals surface area (Å²) in [5.41, 5.74) is 0.773. The average molecular weight is 369 g/mol. The van der Waals surface area contributed by atoms with Crippen LogP contribution < -0.4 is 4.74 Å². The molecule has 0 saturated heterocycles. The predicted octanol–water partition coefficient (Wildman–Crippen LogP) is 3.84. The average Bonchev–Trinajstić information content (AvgIpc) is 3.08. The number of hydrogen-bond acceptors (Lipinski definition) is 6. The molecule has 0 fully saturated rings. The number of benzene rings is 2. The van der Waals surface area contributed by atoms with E-state index >= 15 is 0 Å². The third kappa shape index (κ3) is 4.03. The molecule has 7 heteroatoms. The predicted molar refractivity (Wildman–Crippen MR) is 94.2 cm³/mol. The summed E-state index contributed by atoms with van der Waals surface area (Å²) in [6.45, 7) is 1.04. The summed E-state index contributed by atoms with van der Waals surface area (Å²) < 4.78 is 29.0. The quantitative estimate of drug-likeness (QED) is 0.485. The lowest BCUT2D eigenvalue weighted by Gasteiger charge is -2.05. The molecule has 0 aliphatic heterocycles. The van der Waals surface area contributed by atoms with Crippen LogP contribution in [0.5, 0.6) is 5.75 Å². The maximum atomic E-state index is 13.7. The van der Waals surface area contributed by atoms with E-state index in [9.17, 15) is 14.0 Å². The molecule has 138 valence electrons. The Hall–Kier alpha value is -3.48. The van der Waals surface area contributed by atoms with Gasteiger partial charge >= 0.3 is 5.97 Å². The fourth-order valence-corrected chi connectivity index (χ4v) is 2.41. The third-order valence-corrected chi connectivity index (χ3v) is 3.82. The molecule has 6 nitrogen and oxygen atoms in total. The molecule has 0 aliphatic carbocycles. The molecule has 0 bridgehead atoms. The Bertz CT molecular complexity index is 981. The molecule has 3 aromatic rings. The smallest absolute Gasteiger partial charge is 0.361 e. The van der Waals surface area contributed by atoms with Crippen molar-refractivity contribution < 1.29 is 27.9 Å².